The van der Waals surface area contributed by atoms with Crippen LogP contribution in [0, 0.1) is 0 Å². The standard InChI is InChI=1S/C14H10OS/c15-12-6-3-4-10-8-9-16-13-7-2-1-5-11(13)14(10)12/h1-9,13H. The van der Waals surface area contributed by atoms with E-state index in [9.17, 15) is 4.79 Å². The van der Waals surface area contributed by atoms with Crippen LogP contribution in [0.15, 0.2) is 70.7 Å². The van der Waals surface area contributed by atoms with Crippen LogP contribution in [0.5, 0.6) is 0 Å². The van der Waals surface area contributed by atoms with E-state index < -0.39 is 0 Å². The molecule has 0 aromatic heterocycles. The molecule has 0 saturated heterocycles. The topological polar surface area (TPSA) is 17.1 Å². The summed E-state index contributed by atoms with van der Waals surface area (Å²) in [6.45, 7) is 0. The summed E-state index contributed by atoms with van der Waals surface area (Å²) >= 11 is 1.74. The summed E-state index contributed by atoms with van der Waals surface area (Å²) in [6.07, 6.45) is 15.7. The van der Waals surface area contributed by atoms with E-state index in [4.69, 9.17) is 0 Å². The molecular formula is C14H10OS. The number of rotatable bonds is 0. The van der Waals surface area contributed by atoms with E-state index in [1.54, 1.807) is 17.8 Å². The van der Waals surface area contributed by atoms with Gasteiger partial charge >= 0.3 is 0 Å². The van der Waals surface area contributed by atoms with Crippen LogP contribution in [-0.4, -0.2) is 11.0 Å². The zero-order valence-corrected chi connectivity index (χ0v) is 9.41. The van der Waals surface area contributed by atoms with E-state index in [1.165, 1.54) is 0 Å². The van der Waals surface area contributed by atoms with Gasteiger partial charge in [0.05, 0.1) is 5.25 Å². The number of thioether (sulfide) groups is 1. The summed E-state index contributed by atoms with van der Waals surface area (Å²) in [7, 11) is 0. The highest BCUT2D eigenvalue weighted by Crippen LogP contribution is 2.36. The van der Waals surface area contributed by atoms with Crippen LogP contribution in [0.2, 0.25) is 0 Å². The van der Waals surface area contributed by atoms with E-state index >= 15 is 0 Å². The molecule has 0 N–H and O–H groups in total. The summed E-state index contributed by atoms with van der Waals surface area (Å²) in [5.74, 6) is 0.115. The second kappa shape index (κ2) is 3.80. The Morgan fingerprint density at radius 2 is 2.00 bits per heavy atom. The van der Waals surface area contributed by atoms with Crippen molar-refractivity contribution < 1.29 is 4.79 Å². The van der Waals surface area contributed by atoms with Crippen molar-refractivity contribution in [3.05, 3.63) is 70.7 Å². The van der Waals surface area contributed by atoms with Gasteiger partial charge in [0.1, 0.15) is 0 Å². The van der Waals surface area contributed by atoms with Crippen LogP contribution in [-0.2, 0) is 4.79 Å². The van der Waals surface area contributed by atoms with Gasteiger partial charge < -0.3 is 0 Å². The number of fused-ring (bicyclic) bond motifs is 2. The van der Waals surface area contributed by atoms with Crippen molar-refractivity contribution in [1.29, 1.82) is 0 Å². The first-order chi connectivity index (χ1) is 7.86. The van der Waals surface area contributed by atoms with Crippen molar-refractivity contribution in [1.82, 2.24) is 0 Å². The molecule has 1 heterocycles. The highest BCUT2D eigenvalue weighted by Gasteiger charge is 2.24. The van der Waals surface area contributed by atoms with Crippen LogP contribution in [0.25, 0.3) is 0 Å². The van der Waals surface area contributed by atoms with E-state index in [0.29, 0.717) is 0 Å². The first kappa shape index (κ1) is 9.67. The van der Waals surface area contributed by atoms with Gasteiger partial charge in [0, 0.05) is 5.57 Å². The lowest BCUT2D eigenvalue weighted by Gasteiger charge is -2.18. The molecule has 3 rings (SSSR count). The minimum Gasteiger partial charge on any atom is -0.289 e. The Morgan fingerprint density at radius 1 is 1.06 bits per heavy atom. The van der Waals surface area contributed by atoms with Crippen LogP contribution < -0.4 is 0 Å². The van der Waals surface area contributed by atoms with Crippen LogP contribution in [0.1, 0.15) is 0 Å². The lowest BCUT2D eigenvalue weighted by molar-refractivity contribution is -0.111. The summed E-state index contributed by atoms with van der Waals surface area (Å²) in [5.41, 5.74) is 3.00. The van der Waals surface area contributed by atoms with E-state index in [-0.39, 0.29) is 11.0 Å². The van der Waals surface area contributed by atoms with E-state index in [2.05, 4.69) is 11.5 Å². The van der Waals surface area contributed by atoms with Gasteiger partial charge in [0.2, 0.25) is 0 Å². The molecule has 2 aliphatic carbocycles. The fourth-order valence-electron chi connectivity index (χ4n) is 2.06. The van der Waals surface area contributed by atoms with E-state index in [1.807, 2.05) is 36.5 Å². The zero-order chi connectivity index (χ0) is 11.0. The summed E-state index contributed by atoms with van der Waals surface area (Å²) in [4.78, 5) is 11.9. The summed E-state index contributed by atoms with van der Waals surface area (Å²) in [5, 5.41) is 2.34. The predicted octanol–water partition coefficient (Wildman–Crippen LogP) is 3.10. The largest absolute Gasteiger partial charge is 0.289 e. The van der Waals surface area contributed by atoms with Crippen molar-refractivity contribution in [2.24, 2.45) is 0 Å². The van der Waals surface area contributed by atoms with Gasteiger partial charge in [-0.3, -0.25) is 4.79 Å². The number of ketones is 1. The molecule has 1 nitrogen and oxygen atoms in total. The Bertz CT molecular complexity index is 527. The molecule has 16 heavy (non-hydrogen) atoms. The quantitative estimate of drug-likeness (QED) is 0.631. The molecule has 3 aliphatic rings. The molecule has 0 bridgehead atoms. The average Bonchev–Trinajstić information content (AvgIpc) is 2.49. The number of allylic oxidation sites excluding steroid dienone is 9. The zero-order valence-electron chi connectivity index (χ0n) is 8.59. The van der Waals surface area contributed by atoms with Gasteiger partial charge in [-0.15, -0.1) is 11.8 Å². The van der Waals surface area contributed by atoms with Crippen molar-refractivity contribution in [3.8, 4) is 0 Å². The lowest BCUT2D eigenvalue weighted by Crippen LogP contribution is -2.12. The third kappa shape index (κ3) is 1.46. The van der Waals surface area contributed by atoms with Crippen molar-refractivity contribution in [2.45, 2.75) is 5.25 Å². The van der Waals surface area contributed by atoms with Crippen LogP contribution in [0.3, 0.4) is 0 Å². The number of carbonyl (C=O) groups excluding carboxylic acids is 1. The van der Waals surface area contributed by atoms with Crippen LogP contribution >= 0.6 is 11.8 Å². The molecule has 1 unspecified atom stereocenters. The molecule has 0 aromatic carbocycles. The van der Waals surface area contributed by atoms with Gasteiger partial charge in [-0.2, -0.15) is 0 Å². The minimum absolute atomic E-state index is 0.115. The molecule has 1 atom stereocenters. The lowest BCUT2D eigenvalue weighted by atomic mass is 9.89. The van der Waals surface area contributed by atoms with Crippen molar-refractivity contribution in [3.63, 3.8) is 0 Å². The Labute approximate surface area is 98.6 Å². The molecule has 0 fully saturated rings. The summed E-state index contributed by atoms with van der Waals surface area (Å²) in [6, 6.07) is 0. The monoisotopic (exact) mass is 226 g/mol. The molecule has 0 saturated carbocycles. The predicted molar refractivity (Wildman–Crippen MR) is 68.1 cm³/mol. The molecule has 78 valence electrons. The maximum atomic E-state index is 11.9. The van der Waals surface area contributed by atoms with Crippen molar-refractivity contribution in [2.75, 3.05) is 0 Å². The normalized spacial score (nSPS) is 26.4. The molecular weight excluding hydrogens is 216 g/mol. The molecule has 0 aromatic rings. The fraction of sp³-hybridized carbons (Fsp3) is 0.0714. The molecule has 1 aliphatic heterocycles. The molecule has 2 heteroatoms. The first-order valence-electron chi connectivity index (χ1n) is 5.20. The second-order valence-electron chi connectivity index (χ2n) is 3.78. The molecule has 0 spiro atoms. The Morgan fingerprint density at radius 3 is 2.94 bits per heavy atom. The number of hydrogen-bond donors (Lipinski definition) is 0. The fourth-order valence-corrected chi connectivity index (χ4v) is 2.98. The van der Waals surface area contributed by atoms with Gasteiger partial charge in [-0.05, 0) is 28.7 Å². The van der Waals surface area contributed by atoms with Gasteiger partial charge in [-0.25, -0.2) is 0 Å². The van der Waals surface area contributed by atoms with E-state index in [0.717, 1.165) is 16.7 Å². The Kier molecular flexibility index (Phi) is 2.29. The number of carbonyl (C=O) groups is 1. The maximum absolute atomic E-state index is 11.9. The second-order valence-corrected chi connectivity index (χ2v) is 4.83. The first-order valence-corrected chi connectivity index (χ1v) is 6.15. The highest BCUT2D eigenvalue weighted by molar-refractivity contribution is 8.03. The molecule has 0 amide bonds. The van der Waals surface area contributed by atoms with Gasteiger partial charge in [0.15, 0.2) is 5.78 Å². The van der Waals surface area contributed by atoms with Crippen molar-refractivity contribution >= 4 is 17.5 Å². The summed E-state index contributed by atoms with van der Waals surface area (Å²) < 4.78 is 0. The molecule has 0 radical (unpaired) electrons. The van der Waals surface area contributed by atoms with Gasteiger partial charge in [-0.1, -0.05) is 36.5 Å². The third-order valence-electron chi connectivity index (χ3n) is 2.80. The Balaban J connectivity index is 2.23. The Hall–Kier alpha value is -1.54. The van der Waals surface area contributed by atoms with Crippen LogP contribution in [0.4, 0.5) is 0 Å². The minimum atomic E-state index is 0.115. The smallest absolute Gasteiger partial charge is 0.186 e. The third-order valence-corrected chi connectivity index (χ3v) is 3.80. The highest BCUT2D eigenvalue weighted by atomic mass is 32.2. The van der Waals surface area contributed by atoms with Gasteiger partial charge in [0.25, 0.3) is 0 Å². The SMILES string of the molecule is O=C1C=CC=C2C=CSC3C=CC=CC3=C12. The number of hydrogen-bond acceptors (Lipinski definition) is 2. The maximum Gasteiger partial charge on any atom is 0.186 e. The average molecular weight is 226 g/mol.